The van der Waals surface area contributed by atoms with Crippen molar-refractivity contribution in [1.82, 2.24) is 10.3 Å². The van der Waals surface area contributed by atoms with E-state index in [4.69, 9.17) is 5.11 Å². The summed E-state index contributed by atoms with van der Waals surface area (Å²) in [6.45, 7) is 1.67. The molecule has 0 saturated heterocycles. The fraction of sp³-hybridized carbons (Fsp3) is 0.500. The summed E-state index contributed by atoms with van der Waals surface area (Å²) in [6, 6.07) is 0. The summed E-state index contributed by atoms with van der Waals surface area (Å²) in [6.07, 6.45) is 2.71. The molecular formula is C10H14N2O4S. The molecule has 7 heteroatoms. The third-order valence-electron chi connectivity index (χ3n) is 1.85. The molecule has 0 aliphatic rings. The molecule has 1 aromatic rings. The van der Waals surface area contributed by atoms with Gasteiger partial charge in [-0.15, -0.1) is 11.3 Å². The van der Waals surface area contributed by atoms with Gasteiger partial charge in [-0.1, -0.05) is 6.92 Å². The van der Waals surface area contributed by atoms with E-state index in [1.165, 1.54) is 0 Å². The number of amides is 1. The molecule has 17 heavy (non-hydrogen) atoms. The SMILES string of the molecule is CCc1cnc(CNC(=O)COCC(=O)O)s1. The average Bonchev–Trinajstić information content (AvgIpc) is 2.73. The number of aromatic nitrogens is 1. The van der Waals surface area contributed by atoms with Gasteiger partial charge in [0.05, 0.1) is 6.54 Å². The lowest BCUT2D eigenvalue weighted by molar-refractivity contribution is -0.143. The van der Waals surface area contributed by atoms with E-state index in [2.05, 4.69) is 15.0 Å². The molecule has 2 N–H and O–H groups in total. The highest BCUT2D eigenvalue weighted by molar-refractivity contribution is 7.11. The monoisotopic (exact) mass is 258 g/mol. The quantitative estimate of drug-likeness (QED) is 0.740. The highest BCUT2D eigenvalue weighted by Gasteiger charge is 2.05. The van der Waals surface area contributed by atoms with Gasteiger partial charge in [-0.3, -0.25) is 4.79 Å². The number of rotatable bonds is 7. The Morgan fingerprint density at radius 1 is 1.53 bits per heavy atom. The first-order chi connectivity index (χ1) is 8.11. The third kappa shape index (κ3) is 5.41. The maximum absolute atomic E-state index is 11.2. The lowest BCUT2D eigenvalue weighted by Crippen LogP contribution is -2.28. The fourth-order valence-corrected chi connectivity index (χ4v) is 1.85. The van der Waals surface area contributed by atoms with Gasteiger partial charge in [-0.05, 0) is 6.42 Å². The summed E-state index contributed by atoms with van der Waals surface area (Å²) >= 11 is 1.54. The minimum absolute atomic E-state index is 0.252. The van der Waals surface area contributed by atoms with E-state index in [0.717, 1.165) is 16.3 Å². The summed E-state index contributed by atoms with van der Waals surface area (Å²) in [5.41, 5.74) is 0. The second kappa shape index (κ2) is 6.97. The van der Waals surface area contributed by atoms with Crippen LogP contribution in [0.15, 0.2) is 6.20 Å². The van der Waals surface area contributed by atoms with E-state index in [0.29, 0.717) is 6.54 Å². The summed E-state index contributed by atoms with van der Waals surface area (Å²) in [7, 11) is 0. The molecule has 0 radical (unpaired) electrons. The maximum atomic E-state index is 11.2. The number of hydrogen-bond acceptors (Lipinski definition) is 5. The van der Waals surface area contributed by atoms with Gasteiger partial charge >= 0.3 is 5.97 Å². The number of aliphatic carboxylic acids is 1. The summed E-state index contributed by atoms with van der Waals surface area (Å²) in [4.78, 5) is 26.7. The van der Waals surface area contributed by atoms with Crippen LogP contribution in [0.1, 0.15) is 16.8 Å². The average molecular weight is 258 g/mol. The fourth-order valence-electron chi connectivity index (χ4n) is 1.05. The van der Waals surface area contributed by atoms with Crippen LogP contribution in [-0.2, 0) is 27.3 Å². The van der Waals surface area contributed by atoms with Crippen LogP contribution >= 0.6 is 11.3 Å². The number of carbonyl (C=O) groups is 2. The van der Waals surface area contributed by atoms with Crippen molar-refractivity contribution in [1.29, 1.82) is 0 Å². The molecule has 0 bridgehead atoms. The first-order valence-corrected chi connectivity index (χ1v) is 5.93. The van der Waals surface area contributed by atoms with Gasteiger partial charge in [-0.25, -0.2) is 9.78 Å². The smallest absolute Gasteiger partial charge is 0.329 e. The molecule has 94 valence electrons. The van der Waals surface area contributed by atoms with E-state index in [1.807, 2.05) is 6.92 Å². The van der Waals surface area contributed by atoms with Gasteiger partial charge in [0.2, 0.25) is 5.91 Å². The molecule has 1 rings (SSSR count). The van der Waals surface area contributed by atoms with Crippen molar-refractivity contribution in [3.05, 3.63) is 16.1 Å². The standard InChI is InChI=1S/C10H14N2O4S/c1-2-7-3-12-9(17-7)4-11-8(13)5-16-6-10(14)15/h3H,2,4-6H2,1H3,(H,11,13)(H,14,15). The van der Waals surface area contributed by atoms with Gasteiger partial charge in [-0.2, -0.15) is 0 Å². The van der Waals surface area contributed by atoms with Gasteiger partial charge in [0.15, 0.2) is 0 Å². The number of nitrogens with zero attached hydrogens (tertiary/aromatic N) is 1. The molecule has 0 aromatic carbocycles. The Bertz CT molecular complexity index is 391. The Balaban J connectivity index is 2.21. The first-order valence-electron chi connectivity index (χ1n) is 5.11. The van der Waals surface area contributed by atoms with E-state index in [1.54, 1.807) is 17.5 Å². The largest absolute Gasteiger partial charge is 0.480 e. The van der Waals surface area contributed by atoms with Crippen LogP contribution in [0.4, 0.5) is 0 Å². The minimum Gasteiger partial charge on any atom is -0.480 e. The van der Waals surface area contributed by atoms with E-state index >= 15 is 0 Å². The van der Waals surface area contributed by atoms with Crippen LogP contribution in [0, 0.1) is 0 Å². The van der Waals surface area contributed by atoms with Crippen molar-refractivity contribution in [2.75, 3.05) is 13.2 Å². The van der Waals surface area contributed by atoms with Crippen LogP contribution in [-0.4, -0.2) is 35.2 Å². The predicted octanol–water partition coefficient (Wildman–Crippen LogP) is 0.423. The van der Waals surface area contributed by atoms with Gasteiger partial charge in [0, 0.05) is 11.1 Å². The molecule has 0 spiro atoms. The molecule has 1 amide bonds. The van der Waals surface area contributed by atoms with Crippen LogP contribution in [0.2, 0.25) is 0 Å². The molecule has 0 fully saturated rings. The molecule has 6 nitrogen and oxygen atoms in total. The first kappa shape index (κ1) is 13.6. The summed E-state index contributed by atoms with van der Waals surface area (Å²) in [5.74, 6) is -1.44. The lowest BCUT2D eigenvalue weighted by Gasteiger charge is -2.02. The number of carbonyl (C=O) groups excluding carboxylic acids is 1. The summed E-state index contributed by atoms with van der Waals surface area (Å²) in [5, 5.41) is 11.7. The minimum atomic E-state index is -1.09. The number of aryl methyl sites for hydroxylation is 1. The van der Waals surface area contributed by atoms with Crippen LogP contribution in [0.3, 0.4) is 0 Å². The molecule has 0 saturated carbocycles. The maximum Gasteiger partial charge on any atom is 0.329 e. The number of nitrogens with one attached hydrogen (secondary N) is 1. The molecule has 1 heterocycles. The van der Waals surface area contributed by atoms with Crippen molar-refractivity contribution in [2.24, 2.45) is 0 Å². The zero-order valence-corrected chi connectivity index (χ0v) is 10.2. The molecule has 0 unspecified atom stereocenters. The summed E-state index contributed by atoms with van der Waals surface area (Å²) < 4.78 is 4.64. The van der Waals surface area contributed by atoms with Gasteiger partial charge in [0.1, 0.15) is 18.2 Å². The Labute approximate surface area is 103 Å². The third-order valence-corrected chi connectivity index (χ3v) is 2.99. The van der Waals surface area contributed by atoms with Crippen LogP contribution in [0.25, 0.3) is 0 Å². The second-order valence-electron chi connectivity index (χ2n) is 3.24. The van der Waals surface area contributed by atoms with Gasteiger partial charge in [0.25, 0.3) is 0 Å². The Morgan fingerprint density at radius 2 is 2.29 bits per heavy atom. The van der Waals surface area contributed by atoms with Gasteiger partial charge < -0.3 is 15.2 Å². The zero-order chi connectivity index (χ0) is 12.7. The second-order valence-corrected chi connectivity index (χ2v) is 4.44. The number of ether oxygens (including phenoxy) is 1. The normalized spacial score (nSPS) is 10.2. The predicted molar refractivity (Wildman–Crippen MR) is 61.8 cm³/mol. The zero-order valence-electron chi connectivity index (χ0n) is 9.43. The van der Waals surface area contributed by atoms with Crippen LogP contribution in [0.5, 0.6) is 0 Å². The van der Waals surface area contributed by atoms with Crippen molar-refractivity contribution in [3.8, 4) is 0 Å². The molecule has 0 aliphatic heterocycles. The van der Waals surface area contributed by atoms with Crippen molar-refractivity contribution in [2.45, 2.75) is 19.9 Å². The van der Waals surface area contributed by atoms with E-state index in [-0.39, 0.29) is 12.5 Å². The van der Waals surface area contributed by atoms with Crippen molar-refractivity contribution in [3.63, 3.8) is 0 Å². The topological polar surface area (TPSA) is 88.5 Å². The van der Waals surface area contributed by atoms with E-state index < -0.39 is 12.6 Å². The molecule has 0 atom stereocenters. The number of carboxylic acids is 1. The molecular weight excluding hydrogens is 244 g/mol. The van der Waals surface area contributed by atoms with E-state index in [9.17, 15) is 9.59 Å². The molecule has 0 aliphatic carbocycles. The Hall–Kier alpha value is -1.47. The van der Waals surface area contributed by atoms with Crippen LogP contribution < -0.4 is 5.32 Å². The number of thiazole rings is 1. The Morgan fingerprint density at radius 3 is 2.88 bits per heavy atom. The van der Waals surface area contributed by atoms with Crippen molar-refractivity contribution < 1.29 is 19.4 Å². The lowest BCUT2D eigenvalue weighted by atomic mass is 10.4. The van der Waals surface area contributed by atoms with Crippen molar-refractivity contribution >= 4 is 23.2 Å². The highest BCUT2D eigenvalue weighted by Crippen LogP contribution is 2.12. The Kier molecular flexibility index (Phi) is 5.58. The highest BCUT2D eigenvalue weighted by atomic mass is 32.1. The molecule has 1 aromatic heterocycles. The number of carboxylic acid groups (broad SMARTS) is 1. The number of hydrogen-bond donors (Lipinski definition) is 2.